The maximum atomic E-state index is 10.8. The molecule has 0 amide bonds. The van der Waals surface area contributed by atoms with Gasteiger partial charge in [0.2, 0.25) is 0 Å². The summed E-state index contributed by atoms with van der Waals surface area (Å²) in [5.41, 5.74) is 2.82. The van der Waals surface area contributed by atoms with Gasteiger partial charge in [-0.15, -0.1) is 0 Å². The van der Waals surface area contributed by atoms with Crippen LogP contribution in [-0.2, 0) is 6.61 Å². The summed E-state index contributed by atoms with van der Waals surface area (Å²) in [7, 11) is 0. The van der Waals surface area contributed by atoms with Gasteiger partial charge < -0.3 is 4.74 Å². The third-order valence-electron chi connectivity index (χ3n) is 3.16. The number of ether oxygens (including phenoxy) is 1. The van der Waals surface area contributed by atoms with Crippen molar-refractivity contribution in [3.8, 4) is 5.75 Å². The molecule has 0 fully saturated rings. The molecular weight excluding hydrogens is 278 g/mol. The second kappa shape index (κ2) is 5.92. The van der Waals surface area contributed by atoms with Gasteiger partial charge in [-0.3, -0.25) is 10.1 Å². The second-order valence-corrected chi connectivity index (χ2v) is 4.94. The number of hydrogen-bond donors (Lipinski definition) is 0. The van der Waals surface area contributed by atoms with Crippen molar-refractivity contribution in [2.45, 2.75) is 20.5 Å². The van der Waals surface area contributed by atoms with Crippen molar-refractivity contribution < 1.29 is 9.66 Å². The van der Waals surface area contributed by atoms with Gasteiger partial charge in [-0.2, -0.15) is 0 Å². The fraction of sp³-hybridized carbons (Fsp3) is 0.200. The van der Waals surface area contributed by atoms with Gasteiger partial charge in [0.05, 0.1) is 4.92 Å². The van der Waals surface area contributed by atoms with E-state index in [0.29, 0.717) is 5.56 Å². The van der Waals surface area contributed by atoms with Crippen LogP contribution in [-0.4, -0.2) is 4.92 Å². The van der Waals surface area contributed by atoms with Gasteiger partial charge in [0.1, 0.15) is 17.4 Å². The standard InChI is InChI=1S/C15H14ClNO3/c1-10-4-3-5-15(11(10)2)20-9-12-6-7-13(16)14(8-12)17(18)19/h3-8H,9H2,1-2H3. The summed E-state index contributed by atoms with van der Waals surface area (Å²) in [6, 6.07) is 10.5. The predicted octanol–water partition coefficient (Wildman–Crippen LogP) is 4.44. The molecule has 0 aliphatic carbocycles. The zero-order valence-corrected chi connectivity index (χ0v) is 12.0. The van der Waals surface area contributed by atoms with E-state index in [0.717, 1.165) is 16.9 Å². The number of nitro groups is 1. The number of halogens is 1. The average molecular weight is 292 g/mol. The highest BCUT2D eigenvalue weighted by atomic mass is 35.5. The molecule has 0 radical (unpaired) electrons. The molecule has 0 unspecified atom stereocenters. The van der Waals surface area contributed by atoms with E-state index in [1.807, 2.05) is 32.0 Å². The summed E-state index contributed by atoms with van der Waals surface area (Å²) < 4.78 is 5.71. The Morgan fingerprint density at radius 2 is 2.00 bits per heavy atom. The molecule has 0 bridgehead atoms. The van der Waals surface area contributed by atoms with E-state index in [-0.39, 0.29) is 17.3 Å². The smallest absolute Gasteiger partial charge is 0.288 e. The fourth-order valence-corrected chi connectivity index (χ4v) is 2.02. The number of hydrogen-bond acceptors (Lipinski definition) is 3. The second-order valence-electron chi connectivity index (χ2n) is 4.53. The first-order valence-electron chi connectivity index (χ1n) is 6.11. The summed E-state index contributed by atoms with van der Waals surface area (Å²) in [4.78, 5) is 10.3. The van der Waals surface area contributed by atoms with Crippen LogP contribution in [0, 0.1) is 24.0 Å². The number of aryl methyl sites for hydroxylation is 1. The van der Waals surface area contributed by atoms with E-state index in [9.17, 15) is 10.1 Å². The van der Waals surface area contributed by atoms with Crippen LogP contribution < -0.4 is 4.74 Å². The fourth-order valence-electron chi connectivity index (χ4n) is 1.83. The van der Waals surface area contributed by atoms with Crippen LogP contribution in [0.4, 0.5) is 5.69 Å². The maximum Gasteiger partial charge on any atom is 0.288 e. The molecule has 0 aliphatic heterocycles. The van der Waals surface area contributed by atoms with Crippen molar-refractivity contribution in [3.63, 3.8) is 0 Å². The minimum Gasteiger partial charge on any atom is -0.489 e. The molecule has 104 valence electrons. The lowest BCUT2D eigenvalue weighted by Crippen LogP contribution is -1.99. The molecule has 4 nitrogen and oxygen atoms in total. The lowest BCUT2D eigenvalue weighted by molar-refractivity contribution is -0.384. The topological polar surface area (TPSA) is 52.4 Å². The number of nitro benzene ring substituents is 1. The molecule has 0 saturated heterocycles. The Labute approximate surface area is 122 Å². The Bertz CT molecular complexity index is 656. The highest BCUT2D eigenvalue weighted by Crippen LogP contribution is 2.26. The molecule has 0 heterocycles. The molecular formula is C15H14ClNO3. The lowest BCUT2D eigenvalue weighted by atomic mass is 10.1. The van der Waals surface area contributed by atoms with Gasteiger partial charge in [-0.25, -0.2) is 0 Å². The normalized spacial score (nSPS) is 10.3. The molecule has 0 spiro atoms. The third-order valence-corrected chi connectivity index (χ3v) is 3.48. The van der Waals surface area contributed by atoms with E-state index >= 15 is 0 Å². The van der Waals surface area contributed by atoms with Crippen LogP contribution in [0.25, 0.3) is 0 Å². The molecule has 0 saturated carbocycles. The Balaban J connectivity index is 2.17. The first-order valence-corrected chi connectivity index (χ1v) is 6.48. The molecule has 2 aromatic carbocycles. The minimum absolute atomic E-state index is 0.103. The number of nitrogens with zero attached hydrogens (tertiary/aromatic N) is 1. The molecule has 0 atom stereocenters. The Kier molecular flexibility index (Phi) is 4.25. The summed E-state index contributed by atoms with van der Waals surface area (Å²) in [5.74, 6) is 0.780. The maximum absolute atomic E-state index is 10.8. The Morgan fingerprint density at radius 1 is 1.25 bits per heavy atom. The molecule has 0 N–H and O–H groups in total. The van der Waals surface area contributed by atoms with Gasteiger partial charge in [0, 0.05) is 6.07 Å². The van der Waals surface area contributed by atoms with Crippen molar-refractivity contribution in [2.24, 2.45) is 0 Å². The summed E-state index contributed by atoms with van der Waals surface area (Å²) in [6.45, 7) is 4.26. The van der Waals surface area contributed by atoms with Crippen LogP contribution in [0.3, 0.4) is 0 Å². The van der Waals surface area contributed by atoms with E-state index in [2.05, 4.69) is 0 Å². The number of rotatable bonds is 4. The first kappa shape index (κ1) is 14.3. The van der Waals surface area contributed by atoms with Crippen LogP contribution in [0.1, 0.15) is 16.7 Å². The monoisotopic (exact) mass is 291 g/mol. The van der Waals surface area contributed by atoms with Crippen molar-refractivity contribution >= 4 is 17.3 Å². The van der Waals surface area contributed by atoms with Crippen LogP contribution in [0.5, 0.6) is 5.75 Å². The molecule has 2 rings (SSSR count). The highest BCUT2D eigenvalue weighted by Gasteiger charge is 2.13. The first-order chi connectivity index (χ1) is 9.49. The molecule has 0 aliphatic rings. The van der Waals surface area contributed by atoms with Gasteiger partial charge >= 0.3 is 0 Å². The SMILES string of the molecule is Cc1cccc(OCc2ccc(Cl)c([N+](=O)[O-])c2)c1C. The van der Waals surface area contributed by atoms with Gasteiger partial charge in [-0.1, -0.05) is 29.8 Å². The Hall–Kier alpha value is -2.07. The quantitative estimate of drug-likeness (QED) is 0.618. The summed E-state index contributed by atoms with van der Waals surface area (Å²) in [6.07, 6.45) is 0. The van der Waals surface area contributed by atoms with Gasteiger partial charge in [-0.05, 0) is 42.7 Å². The van der Waals surface area contributed by atoms with Crippen LogP contribution in [0.2, 0.25) is 5.02 Å². The lowest BCUT2D eigenvalue weighted by Gasteiger charge is -2.11. The van der Waals surface area contributed by atoms with E-state index in [1.54, 1.807) is 6.07 Å². The average Bonchev–Trinajstić information content (AvgIpc) is 2.41. The highest BCUT2D eigenvalue weighted by molar-refractivity contribution is 6.32. The molecule has 2 aromatic rings. The predicted molar refractivity (Wildman–Crippen MR) is 78.4 cm³/mol. The van der Waals surface area contributed by atoms with Crippen molar-refractivity contribution in [2.75, 3.05) is 0 Å². The largest absolute Gasteiger partial charge is 0.489 e. The number of benzene rings is 2. The van der Waals surface area contributed by atoms with Crippen molar-refractivity contribution in [1.29, 1.82) is 0 Å². The van der Waals surface area contributed by atoms with Crippen molar-refractivity contribution in [3.05, 3.63) is 68.2 Å². The summed E-state index contributed by atoms with van der Waals surface area (Å²) in [5, 5.41) is 11.0. The Morgan fingerprint density at radius 3 is 2.70 bits per heavy atom. The van der Waals surface area contributed by atoms with Gasteiger partial charge in [0.15, 0.2) is 0 Å². The van der Waals surface area contributed by atoms with Gasteiger partial charge in [0.25, 0.3) is 5.69 Å². The van der Waals surface area contributed by atoms with E-state index < -0.39 is 4.92 Å². The zero-order valence-electron chi connectivity index (χ0n) is 11.2. The third kappa shape index (κ3) is 3.08. The zero-order chi connectivity index (χ0) is 14.7. The minimum atomic E-state index is -0.496. The molecule has 20 heavy (non-hydrogen) atoms. The molecule has 0 aromatic heterocycles. The van der Waals surface area contributed by atoms with E-state index in [4.69, 9.17) is 16.3 Å². The van der Waals surface area contributed by atoms with Crippen LogP contribution in [0.15, 0.2) is 36.4 Å². The van der Waals surface area contributed by atoms with Crippen LogP contribution >= 0.6 is 11.6 Å². The summed E-state index contributed by atoms with van der Waals surface area (Å²) >= 11 is 5.77. The molecule has 5 heteroatoms. The van der Waals surface area contributed by atoms with Crippen molar-refractivity contribution in [1.82, 2.24) is 0 Å². The van der Waals surface area contributed by atoms with E-state index in [1.165, 1.54) is 12.1 Å².